The maximum Gasteiger partial charge on any atom is 0.117 e. The largest absolute Gasteiger partial charge is 0.303 e. The van der Waals surface area contributed by atoms with Crippen LogP contribution in [0.4, 0.5) is 0 Å². The highest BCUT2D eigenvalue weighted by atomic mass is 15.1. The summed E-state index contributed by atoms with van der Waals surface area (Å²) in [6.07, 6.45) is 8.32. The van der Waals surface area contributed by atoms with Crippen LogP contribution in [0.5, 0.6) is 0 Å². The molecule has 0 amide bonds. The summed E-state index contributed by atoms with van der Waals surface area (Å²) in [5.74, 6) is 1.67. The van der Waals surface area contributed by atoms with Gasteiger partial charge in [-0.3, -0.25) is 4.98 Å². The summed E-state index contributed by atoms with van der Waals surface area (Å²) in [5, 5.41) is 1.17. The smallest absolute Gasteiger partial charge is 0.117 e. The van der Waals surface area contributed by atoms with Gasteiger partial charge in [-0.1, -0.05) is 25.1 Å². The molecule has 0 N–H and O–H groups in total. The van der Waals surface area contributed by atoms with Crippen molar-refractivity contribution in [3.05, 3.63) is 54.7 Å². The van der Waals surface area contributed by atoms with Crippen LogP contribution in [0.15, 0.2) is 48.9 Å². The molecule has 0 bridgehead atoms. The Balaban J connectivity index is 1.77. The zero-order valence-electron chi connectivity index (χ0n) is 13.5. The predicted molar refractivity (Wildman–Crippen MR) is 93.0 cm³/mol. The molecule has 4 rings (SSSR count). The van der Waals surface area contributed by atoms with E-state index in [0.717, 1.165) is 24.3 Å². The van der Waals surface area contributed by atoms with E-state index < -0.39 is 0 Å². The van der Waals surface area contributed by atoms with E-state index in [1.165, 1.54) is 30.6 Å². The number of likely N-dealkylation sites (N-methyl/N-ethyl adjacent to an activating group) is 1. The van der Waals surface area contributed by atoms with E-state index in [1.807, 2.05) is 18.5 Å². The third-order valence-electron chi connectivity index (χ3n) is 4.86. The fourth-order valence-corrected chi connectivity index (χ4v) is 3.66. The molecule has 4 nitrogen and oxygen atoms in total. The SMILES string of the molecule is CCN1CCC[C@H](c2nccn2-c2cccc3cccnc23)C1. The van der Waals surface area contributed by atoms with E-state index in [2.05, 4.69) is 51.8 Å². The summed E-state index contributed by atoms with van der Waals surface area (Å²) in [7, 11) is 0. The Bertz CT molecular complexity index is 802. The van der Waals surface area contributed by atoms with Gasteiger partial charge in [-0.15, -0.1) is 0 Å². The number of pyridine rings is 1. The van der Waals surface area contributed by atoms with E-state index in [0.29, 0.717) is 5.92 Å². The van der Waals surface area contributed by atoms with Gasteiger partial charge in [0.1, 0.15) is 5.82 Å². The van der Waals surface area contributed by atoms with Crippen LogP contribution in [0.3, 0.4) is 0 Å². The molecule has 0 saturated carbocycles. The molecule has 23 heavy (non-hydrogen) atoms. The Morgan fingerprint density at radius 3 is 2.96 bits per heavy atom. The summed E-state index contributed by atoms with van der Waals surface area (Å²) in [6.45, 7) is 5.67. The van der Waals surface area contributed by atoms with Crippen molar-refractivity contribution in [2.24, 2.45) is 0 Å². The quantitative estimate of drug-likeness (QED) is 0.741. The summed E-state index contributed by atoms with van der Waals surface area (Å²) in [4.78, 5) is 11.8. The molecule has 0 unspecified atom stereocenters. The minimum Gasteiger partial charge on any atom is -0.303 e. The van der Waals surface area contributed by atoms with Gasteiger partial charge in [-0.2, -0.15) is 0 Å². The van der Waals surface area contributed by atoms with Crippen molar-refractivity contribution >= 4 is 10.9 Å². The number of fused-ring (bicyclic) bond motifs is 1. The summed E-state index contributed by atoms with van der Waals surface area (Å²) < 4.78 is 2.24. The third kappa shape index (κ3) is 2.63. The van der Waals surface area contributed by atoms with Gasteiger partial charge < -0.3 is 9.47 Å². The second kappa shape index (κ2) is 6.13. The van der Waals surface area contributed by atoms with Gasteiger partial charge in [0.15, 0.2) is 0 Å². The number of piperidine rings is 1. The Kier molecular flexibility index (Phi) is 3.83. The van der Waals surface area contributed by atoms with Crippen LogP contribution in [-0.2, 0) is 0 Å². The summed E-state index contributed by atoms with van der Waals surface area (Å²) >= 11 is 0. The lowest BCUT2D eigenvalue weighted by molar-refractivity contribution is 0.213. The molecule has 1 aliphatic rings. The first kappa shape index (κ1) is 14.4. The molecule has 118 valence electrons. The second-order valence-corrected chi connectivity index (χ2v) is 6.24. The van der Waals surface area contributed by atoms with Gasteiger partial charge in [0.25, 0.3) is 0 Å². The Morgan fingerprint density at radius 2 is 2.04 bits per heavy atom. The molecule has 0 spiro atoms. The van der Waals surface area contributed by atoms with Gasteiger partial charge in [0, 0.05) is 36.4 Å². The number of para-hydroxylation sites is 1. The topological polar surface area (TPSA) is 34.0 Å². The number of hydrogen-bond acceptors (Lipinski definition) is 3. The molecule has 3 aromatic rings. The number of imidazole rings is 1. The number of aromatic nitrogens is 3. The molecule has 2 aromatic heterocycles. The van der Waals surface area contributed by atoms with E-state index >= 15 is 0 Å². The standard InChI is InChI=1S/C19H22N4/c1-2-22-12-5-8-16(14-22)19-21-11-13-23(19)17-9-3-6-15-7-4-10-20-18(15)17/h3-4,6-7,9-11,13,16H,2,5,8,12,14H2,1H3/t16-/m0/s1. The average Bonchev–Trinajstić information content (AvgIpc) is 3.11. The van der Waals surface area contributed by atoms with E-state index in [1.54, 1.807) is 0 Å². The molecule has 1 aliphatic heterocycles. The molecule has 1 atom stereocenters. The Hall–Kier alpha value is -2.20. The van der Waals surface area contributed by atoms with Crippen LogP contribution >= 0.6 is 0 Å². The first-order chi connectivity index (χ1) is 11.4. The second-order valence-electron chi connectivity index (χ2n) is 6.24. The third-order valence-corrected chi connectivity index (χ3v) is 4.86. The summed E-state index contributed by atoms with van der Waals surface area (Å²) in [6, 6.07) is 10.5. The average molecular weight is 306 g/mol. The molecular weight excluding hydrogens is 284 g/mol. The molecule has 3 heterocycles. The number of nitrogens with zero attached hydrogens (tertiary/aromatic N) is 4. The minimum atomic E-state index is 0.498. The number of hydrogen-bond donors (Lipinski definition) is 0. The van der Waals surface area contributed by atoms with Gasteiger partial charge in [0.2, 0.25) is 0 Å². The first-order valence-electron chi connectivity index (χ1n) is 8.46. The van der Waals surface area contributed by atoms with Crippen LogP contribution in [0.2, 0.25) is 0 Å². The molecule has 1 aromatic carbocycles. The lowest BCUT2D eigenvalue weighted by Crippen LogP contribution is -2.35. The predicted octanol–water partition coefficient (Wildman–Crippen LogP) is 3.62. The Labute approximate surface area is 136 Å². The van der Waals surface area contributed by atoms with Crippen molar-refractivity contribution in [1.29, 1.82) is 0 Å². The van der Waals surface area contributed by atoms with Gasteiger partial charge in [-0.05, 0) is 38.1 Å². The van der Waals surface area contributed by atoms with Gasteiger partial charge >= 0.3 is 0 Å². The molecular formula is C19H22N4. The minimum absolute atomic E-state index is 0.498. The van der Waals surface area contributed by atoms with Crippen LogP contribution in [0.25, 0.3) is 16.6 Å². The van der Waals surface area contributed by atoms with E-state index in [4.69, 9.17) is 4.98 Å². The van der Waals surface area contributed by atoms with Crippen molar-refractivity contribution in [1.82, 2.24) is 19.4 Å². The highest BCUT2D eigenvalue weighted by Crippen LogP contribution is 2.29. The van der Waals surface area contributed by atoms with Crippen molar-refractivity contribution in [2.75, 3.05) is 19.6 Å². The Morgan fingerprint density at radius 1 is 1.13 bits per heavy atom. The number of rotatable bonds is 3. The fraction of sp³-hybridized carbons (Fsp3) is 0.368. The molecule has 1 fully saturated rings. The number of likely N-dealkylation sites (tertiary alicyclic amines) is 1. The molecule has 0 aliphatic carbocycles. The lowest BCUT2D eigenvalue weighted by atomic mass is 9.97. The van der Waals surface area contributed by atoms with Crippen molar-refractivity contribution in [3.63, 3.8) is 0 Å². The van der Waals surface area contributed by atoms with E-state index in [-0.39, 0.29) is 0 Å². The normalized spacial score (nSPS) is 19.3. The van der Waals surface area contributed by atoms with Crippen molar-refractivity contribution in [2.45, 2.75) is 25.7 Å². The molecule has 0 radical (unpaired) electrons. The highest BCUT2D eigenvalue weighted by molar-refractivity contribution is 5.86. The van der Waals surface area contributed by atoms with Gasteiger partial charge in [-0.25, -0.2) is 4.98 Å². The van der Waals surface area contributed by atoms with Crippen LogP contribution in [-0.4, -0.2) is 39.1 Å². The summed E-state index contributed by atoms with van der Waals surface area (Å²) in [5.41, 5.74) is 2.17. The van der Waals surface area contributed by atoms with Crippen LogP contribution in [0, 0.1) is 0 Å². The zero-order chi connectivity index (χ0) is 15.6. The van der Waals surface area contributed by atoms with Crippen molar-refractivity contribution < 1.29 is 0 Å². The first-order valence-corrected chi connectivity index (χ1v) is 8.46. The monoisotopic (exact) mass is 306 g/mol. The van der Waals surface area contributed by atoms with Gasteiger partial charge in [0.05, 0.1) is 11.2 Å². The van der Waals surface area contributed by atoms with E-state index in [9.17, 15) is 0 Å². The highest BCUT2D eigenvalue weighted by Gasteiger charge is 2.24. The number of benzene rings is 1. The van der Waals surface area contributed by atoms with Crippen LogP contribution in [0.1, 0.15) is 31.5 Å². The van der Waals surface area contributed by atoms with Crippen LogP contribution < -0.4 is 0 Å². The maximum atomic E-state index is 4.70. The van der Waals surface area contributed by atoms with Crippen molar-refractivity contribution in [3.8, 4) is 5.69 Å². The lowest BCUT2D eigenvalue weighted by Gasteiger charge is -2.31. The molecule has 1 saturated heterocycles. The molecule has 4 heteroatoms. The zero-order valence-corrected chi connectivity index (χ0v) is 13.5. The maximum absolute atomic E-state index is 4.70. The fourth-order valence-electron chi connectivity index (χ4n) is 3.66.